The highest BCUT2D eigenvalue weighted by molar-refractivity contribution is 4.80. The molecule has 0 aliphatic rings. The van der Waals surface area contributed by atoms with Gasteiger partial charge in [-0.25, -0.2) is 0 Å². The first-order chi connectivity index (χ1) is 35.9. The second-order valence-corrected chi connectivity index (χ2v) is 22.3. The maximum Gasteiger partial charge on any atom is 0.104 e. The van der Waals surface area contributed by atoms with Gasteiger partial charge in [-0.05, 0) is 164 Å². The van der Waals surface area contributed by atoms with Crippen LogP contribution < -0.4 is 0 Å². The Kier molecular flexibility index (Phi) is 52.2. The summed E-state index contributed by atoms with van der Waals surface area (Å²) in [6.45, 7) is 51.1. The molecule has 460 valence electrons. The van der Waals surface area contributed by atoms with Crippen LogP contribution in [-0.4, -0.2) is 218 Å². The molecule has 0 aliphatic heterocycles. The summed E-state index contributed by atoms with van der Waals surface area (Å²) in [6, 6.07) is 0. The summed E-state index contributed by atoms with van der Waals surface area (Å²) >= 11 is 0. The van der Waals surface area contributed by atoms with E-state index in [1.54, 1.807) is 0 Å². The summed E-state index contributed by atoms with van der Waals surface area (Å²) in [6.07, 6.45) is 4.41. The first-order valence-corrected chi connectivity index (χ1v) is 29.3. The van der Waals surface area contributed by atoms with Crippen molar-refractivity contribution in [2.45, 2.75) is 250 Å². The zero-order valence-electron chi connectivity index (χ0n) is 52.5. The summed E-state index contributed by atoms with van der Waals surface area (Å²) in [5.74, 6) is 0. The Balaban J connectivity index is 0. The van der Waals surface area contributed by atoms with Gasteiger partial charge in [-0.3, -0.25) is 0 Å². The Morgan fingerprint density at radius 2 is 0.487 bits per heavy atom. The zero-order valence-corrected chi connectivity index (χ0v) is 52.5. The molecule has 0 aromatic carbocycles. The van der Waals surface area contributed by atoms with E-state index in [9.17, 15) is 0 Å². The minimum Gasteiger partial charge on any atom is -0.381 e. The average molecular weight is 1100 g/mol. The summed E-state index contributed by atoms with van der Waals surface area (Å²) in [5, 5.41) is 0. The van der Waals surface area contributed by atoms with Crippen molar-refractivity contribution in [3.8, 4) is 0 Å². The molecule has 0 aromatic rings. The molecule has 0 heterocycles. The van der Waals surface area contributed by atoms with Gasteiger partial charge < -0.3 is 80.5 Å². The first kappa shape index (κ1) is 77.4. The van der Waals surface area contributed by atoms with Crippen LogP contribution in [0.15, 0.2) is 0 Å². The number of ether oxygens (including phenoxy) is 17. The fourth-order valence-electron chi connectivity index (χ4n) is 7.27. The molecule has 6 atom stereocenters. The van der Waals surface area contributed by atoms with E-state index >= 15 is 0 Å². The lowest BCUT2D eigenvalue weighted by atomic mass is 9.92. The topological polar surface area (TPSA) is 157 Å². The highest BCUT2D eigenvalue weighted by atomic mass is 16.6. The van der Waals surface area contributed by atoms with Gasteiger partial charge in [0.1, 0.15) is 12.2 Å². The second kappa shape index (κ2) is 51.2. The van der Waals surface area contributed by atoms with Gasteiger partial charge in [0.25, 0.3) is 0 Å². The summed E-state index contributed by atoms with van der Waals surface area (Å²) < 4.78 is 100. The molecule has 0 bridgehead atoms. The third kappa shape index (κ3) is 55.2. The molecule has 0 saturated carbocycles. The standard InChI is InChI=1S/C30H62O9.C29H60O8/c1-23(2)34-14-11-13-31-19-29(36-16-12-15-35-24(3)4)20-33-22-30(37-18-28(10)39-26(7)8)21-32-17-27(9)38-25(5)6;1-23(2)34-15-11-13-30-19-29(20-31-14-12-16-35-24(3)4,21-32-17-27(9)36-25(5)6)22-33-18-28(10)37-26(7)8/h23-30H,11-22H2,1-10H3;23-28H,11-22H2,1-10H3. The maximum atomic E-state index is 6.16. The number of rotatable bonds is 54. The lowest BCUT2D eigenvalue weighted by Gasteiger charge is -2.34. The Morgan fingerprint density at radius 3 is 0.842 bits per heavy atom. The van der Waals surface area contributed by atoms with Crippen LogP contribution in [0.2, 0.25) is 0 Å². The van der Waals surface area contributed by atoms with Gasteiger partial charge in [-0.1, -0.05) is 0 Å². The van der Waals surface area contributed by atoms with Gasteiger partial charge in [0.2, 0.25) is 0 Å². The summed E-state index contributed by atoms with van der Waals surface area (Å²) in [5.41, 5.74) is -0.451. The third-order valence-corrected chi connectivity index (χ3v) is 10.2. The van der Waals surface area contributed by atoms with Crippen LogP contribution in [0.5, 0.6) is 0 Å². The molecule has 17 heteroatoms. The van der Waals surface area contributed by atoms with E-state index in [-0.39, 0.29) is 85.5 Å². The van der Waals surface area contributed by atoms with E-state index in [4.69, 9.17) is 80.5 Å². The molecule has 17 nitrogen and oxygen atoms in total. The molecular formula is C59H122O17. The summed E-state index contributed by atoms with van der Waals surface area (Å²) in [4.78, 5) is 0. The SMILES string of the molecule is CC(C)OCCCOCC(COCC(COCC(C)OC(C)C)OCC(C)OC(C)C)OCCCOC(C)C.CC(C)OCCCOCC(COCCCOC(C)C)(COCC(C)OC(C)C)COCC(C)OC(C)C. The molecule has 76 heavy (non-hydrogen) atoms. The van der Waals surface area contributed by atoms with E-state index in [1.807, 2.05) is 138 Å². The molecule has 0 radical (unpaired) electrons. The van der Waals surface area contributed by atoms with Crippen molar-refractivity contribution in [2.75, 3.05) is 132 Å². The smallest absolute Gasteiger partial charge is 0.104 e. The number of hydrogen-bond acceptors (Lipinski definition) is 17. The van der Waals surface area contributed by atoms with Crippen LogP contribution in [0.1, 0.15) is 164 Å². The van der Waals surface area contributed by atoms with Crippen molar-refractivity contribution in [3.05, 3.63) is 0 Å². The zero-order chi connectivity index (χ0) is 57.6. The Bertz CT molecular complexity index is 1150. The predicted octanol–water partition coefficient (Wildman–Crippen LogP) is 10.4. The fourth-order valence-corrected chi connectivity index (χ4v) is 7.27. The van der Waals surface area contributed by atoms with Crippen molar-refractivity contribution in [3.63, 3.8) is 0 Å². The normalized spacial score (nSPS) is 15.0. The van der Waals surface area contributed by atoms with Crippen LogP contribution in [0.25, 0.3) is 0 Å². The van der Waals surface area contributed by atoms with Gasteiger partial charge in [-0.15, -0.1) is 0 Å². The second-order valence-electron chi connectivity index (χ2n) is 22.3. The van der Waals surface area contributed by atoms with Crippen molar-refractivity contribution < 1.29 is 80.5 Å². The van der Waals surface area contributed by atoms with E-state index in [0.717, 1.165) is 25.7 Å². The Hall–Kier alpha value is -0.680. The van der Waals surface area contributed by atoms with Crippen LogP contribution in [0, 0.1) is 5.41 Å². The Labute approximate surface area is 466 Å². The van der Waals surface area contributed by atoms with Crippen molar-refractivity contribution in [2.24, 2.45) is 5.41 Å². The monoisotopic (exact) mass is 1100 g/mol. The molecule has 0 aromatic heterocycles. The predicted molar refractivity (Wildman–Crippen MR) is 303 cm³/mol. The molecule has 0 amide bonds. The highest BCUT2D eigenvalue weighted by Gasteiger charge is 2.33. The van der Waals surface area contributed by atoms with Crippen LogP contribution in [0.3, 0.4) is 0 Å². The molecule has 0 fully saturated rings. The molecular weight excluding hydrogens is 981 g/mol. The maximum absolute atomic E-state index is 6.16. The minimum absolute atomic E-state index is 0.00119. The van der Waals surface area contributed by atoms with Crippen molar-refractivity contribution in [1.29, 1.82) is 0 Å². The highest BCUT2D eigenvalue weighted by Crippen LogP contribution is 2.22. The molecule has 0 N–H and O–H groups in total. The fraction of sp³-hybridized carbons (Fsp3) is 1.00. The van der Waals surface area contributed by atoms with Crippen LogP contribution >= 0.6 is 0 Å². The van der Waals surface area contributed by atoms with Crippen LogP contribution in [-0.2, 0) is 80.5 Å². The van der Waals surface area contributed by atoms with E-state index in [1.165, 1.54) is 0 Å². The Morgan fingerprint density at radius 1 is 0.224 bits per heavy atom. The van der Waals surface area contributed by atoms with Crippen molar-refractivity contribution in [1.82, 2.24) is 0 Å². The largest absolute Gasteiger partial charge is 0.381 e. The van der Waals surface area contributed by atoms with E-state index < -0.39 is 5.41 Å². The van der Waals surface area contributed by atoms with E-state index in [0.29, 0.717) is 132 Å². The molecule has 0 rings (SSSR count). The van der Waals surface area contributed by atoms with E-state index in [2.05, 4.69) is 0 Å². The van der Waals surface area contributed by atoms with Gasteiger partial charge in [0.15, 0.2) is 0 Å². The first-order valence-electron chi connectivity index (χ1n) is 29.3. The lowest BCUT2D eigenvalue weighted by molar-refractivity contribution is -0.131. The van der Waals surface area contributed by atoms with Gasteiger partial charge >= 0.3 is 0 Å². The molecule has 0 saturated heterocycles. The molecule has 0 aliphatic carbocycles. The van der Waals surface area contributed by atoms with Crippen molar-refractivity contribution >= 4 is 0 Å². The number of hydrogen-bond donors (Lipinski definition) is 0. The quantitative estimate of drug-likeness (QED) is 0.0530. The average Bonchev–Trinajstić information content (AvgIpc) is 3.29. The third-order valence-electron chi connectivity index (χ3n) is 10.2. The van der Waals surface area contributed by atoms with Crippen LogP contribution in [0.4, 0.5) is 0 Å². The van der Waals surface area contributed by atoms with Gasteiger partial charge in [-0.2, -0.15) is 0 Å². The molecule has 0 spiro atoms. The van der Waals surface area contributed by atoms with Gasteiger partial charge in [0, 0.05) is 52.9 Å². The minimum atomic E-state index is -0.451. The van der Waals surface area contributed by atoms with Gasteiger partial charge in [0.05, 0.1) is 158 Å². The molecule has 6 unspecified atom stereocenters. The summed E-state index contributed by atoms with van der Waals surface area (Å²) in [7, 11) is 0. The lowest BCUT2D eigenvalue weighted by Crippen LogP contribution is -2.43.